The Labute approximate surface area is 298 Å². The standard InChI is InChI=1S/C38H63FN4O5S/c1-10-12-13-14-17-43(26(6)18-25(5)11-2)33(24(3)4)21-34(48-27(7)44)36-42-32(23-49-36)35(45)41-29(22-38(8,9)37(46)47)19-28-15-16-31(40)30(39)20-28/h15-16,24-25,28-29,32-34H,6,10-14,17-23,40H2,1-5,7-9H3,(H,41,45)(H,46,47)/t25-,28?,29?,32?,33?,34?/m0/s1. The highest BCUT2D eigenvalue weighted by Gasteiger charge is 2.37. The first kappa shape index (κ1) is 42.3. The van der Waals surface area contributed by atoms with E-state index in [9.17, 15) is 23.9 Å². The molecule has 49 heavy (non-hydrogen) atoms. The fraction of sp³-hybridized carbons (Fsp3) is 0.737. The molecule has 0 radical (unpaired) electrons. The third-order valence-electron chi connectivity index (χ3n) is 9.70. The number of rotatable bonds is 22. The number of esters is 1. The van der Waals surface area contributed by atoms with E-state index < -0.39 is 41.4 Å². The van der Waals surface area contributed by atoms with Crippen molar-refractivity contribution in [3.05, 3.63) is 36.0 Å². The summed E-state index contributed by atoms with van der Waals surface area (Å²) in [7, 11) is 0. The van der Waals surface area contributed by atoms with Gasteiger partial charge in [0.15, 0.2) is 6.10 Å². The van der Waals surface area contributed by atoms with Crippen LogP contribution in [0.3, 0.4) is 0 Å². The van der Waals surface area contributed by atoms with E-state index in [1.165, 1.54) is 31.2 Å². The van der Waals surface area contributed by atoms with Gasteiger partial charge < -0.3 is 25.8 Å². The number of thioether (sulfide) groups is 1. The van der Waals surface area contributed by atoms with Gasteiger partial charge in [0.05, 0.1) is 11.1 Å². The highest BCUT2D eigenvalue weighted by molar-refractivity contribution is 8.14. The second-order valence-corrected chi connectivity index (χ2v) is 16.0. The van der Waals surface area contributed by atoms with Gasteiger partial charge >= 0.3 is 11.9 Å². The van der Waals surface area contributed by atoms with Crippen LogP contribution >= 0.6 is 11.8 Å². The normalized spacial score (nSPS) is 20.4. The van der Waals surface area contributed by atoms with Crippen LogP contribution in [-0.2, 0) is 19.1 Å². The lowest BCUT2D eigenvalue weighted by Gasteiger charge is -2.40. The molecular weight excluding hydrogens is 644 g/mol. The number of carbonyl (C=O) groups is 3. The zero-order valence-electron chi connectivity index (χ0n) is 31.2. The average Bonchev–Trinajstić information content (AvgIpc) is 3.51. The Morgan fingerprint density at radius 1 is 1.22 bits per heavy atom. The monoisotopic (exact) mass is 706 g/mol. The fourth-order valence-corrected chi connectivity index (χ4v) is 7.57. The van der Waals surface area contributed by atoms with Crippen molar-refractivity contribution in [3.8, 4) is 0 Å². The van der Waals surface area contributed by atoms with E-state index in [2.05, 4.69) is 51.4 Å². The maximum absolute atomic E-state index is 14.3. The van der Waals surface area contributed by atoms with Crippen LogP contribution in [-0.4, -0.2) is 69.4 Å². The van der Waals surface area contributed by atoms with Gasteiger partial charge in [-0.2, -0.15) is 0 Å². The number of nitrogens with two attached hydrogens (primary N) is 1. The molecule has 2 aliphatic rings. The molecule has 4 N–H and O–H groups in total. The zero-order chi connectivity index (χ0) is 36.9. The number of carboxylic acid groups (broad SMARTS) is 1. The van der Waals surface area contributed by atoms with E-state index in [-0.39, 0.29) is 42.3 Å². The van der Waals surface area contributed by atoms with Gasteiger partial charge in [-0.1, -0.05) is 73.0 Å². The maximum atomic E-state index is 14.3. The summed E-state index contributed by atoms with van der Waals surface area (Å²) in [6, 6.07) is -1.21. The van der Waals surface area contributed by atoms with Crippen LogP contribution < -0.4 is 11.1 Å². The first-order valence-electron chi connectivity index (χ1n) is 18.2. The van der Waals surface area contributed by atoms with Crippen molar-refractivity contribution in [2.45, 2.75) is 144 Å². The number of nitrogens with zero attached hydrogens (tertiary/aromatic N) is 2. The molecule has 1 aliphatic carbocycles. The number of hydrogen-bond donors (Lipinski definition) is 3. The molecule has 278 valence electrons. The molecule has 0 aromatic heterocycles. The Balaban J connectivity index is 2.30. The van der Waals surface area contributed by atoms with E-state index in [1.807, 2.05) is 6.08 Å². The van der Waals surface area contributed by atoms with Gasteiger partial charge in [0.2, 0.25) is 5.91 Å². The molecule has 0 aromatic carbocycles. The Bertz CT molecular complexity index is 1230. The lowest BCUT2D eigenvalue weighted by Crippen LogP contribution is -2.45. The highest BCUT2D eigenvalue weighted by Crippen LogP contribution is 2.33. The number of allylic oxidation sites excluding steroid dienone is 4. The quantitative estimate of drug-likeness (QED) is 0.0768. The summed E-state index contributed by atoms with van der Waals surface area (Å²) in [6.07, 6.45) is 10.4. The number of aliphatic imine (C=N–C) groups is 1. The summed E-state index contributed by atoms with van der Waals surface area (Å²) < 4.78 is 20.2. The fourth-order valence-electron chi connectivity index (χ4n) is 6.48. The van der Waals surface area contributed by atoms with Crippen molar-refractivity contribution >= 4 is 34.7 Å². The van der Waals surface area contributed by atoms with Gasteiger partial charge in [0.25, 0.3) is 0 Å². The number of hydrogen-bond acceptors (Lipinski definition) is 8. The summed E-state index contributed by atoms with van der Waals surface area (Å²) in [5.41, 5.74) is 5.77. The SMILES string of the molecule is C=C(C[C@@H](C)CC)N(CCCCCC)C(CC(OC(C)=O)C1=NC(C(=O)NC(CC2C=CC(N)=C(F)C2)CC(C)(C)C(=O)O)CS1)C(C)C. The number of halogens is 1. The molecule has 9 nitrogen and oxygen atoms in total. The highest BCUT2D eigenvalue weighted by atomic mass is 32.2. The topological polar surface area (TPSA) is 134 Å². The number of ether oxygens (including phenoxy) is 1. The van der Waals surface area contributed by atoms with E-state index in [0.717, 1.165) is 44.3 Å². The predicted octanol–water partition coefficient (Wildman–Crippen LogP) is 7.77. The molecule has 1 heterocycles. The van der Waals surface area contributed by atoms with Gasteiger partial charge in [0, 0.05) is 49.8 Å². The molecule has 0 saturated carbocycles. The largest absolute Gasteiger partial charge is 0.481 e. The minimum atomic E-state index is -1.11. The van der Waals surface area contributed by atoms with Gasteiger partial charge in [0.1, 0.15) is 16.9 Å². The van der Waals surface area contributed by atoms with Crippen molar-refractivity contribution in [1.82, 2.24) is 10.2 Å². The Kier molecular flexibility index (Phi) is 17.4. The molecule has 2 rings (SSSR count). The van der Waals surface area contributed by atoms with E-state index in [0.29, 0.717) is 29.6 Å². The average molecular weight is 707 g/mol. The van der Waals surface area contributed by atoms with Crippen LogP contribution in [0.25, 0.3) is 0 Å². The van der Waals surface area contributed by atoms with Crippen LogP contribution in [0.2, 0.25) is 0 Å². The first-order chi connectivity index (χ1) is 23.0. The molecule has 0 saturated heterocycles. The van der Waals surface area contributed by atoms with Gasteiger partial charge in [-0.25, -0.2) is 4.39 Å². The molecule has 1 aliphatic heterocycles. The molecule has 0 spiro atoms. The number of carbonyl (C=O) groups excluding carboxylic acids is 2. The molecule has 1 amide bonds. The van der Waals surface area contributed by atoms with Gasteiger partial charge in [-0.05, 0) is 63.4 Å². The van der Waals surface area contributed by atoms with E-state index in [1.54, 1.807) is 13.8 Å². The van der Waals surface area contributed by atoms with Crippen LogP contribution in [0.5, 0.6) is 0 Å². The Morgan fingerprint density at radius 3 is 2.49 bits per heavy atom. The molecule has 11 heteroatoms. The minimum absolute atomic E-state index is 0.0494. The van der Waals surface area contributed by atoms with Crippen LogP contribution in [0.15, 0.2) is 40.9 Å². The number of nitrogens with one attached hydrogen (secondary N) is 1. The molecular formula is C38H63FN4O5S. The third kappa shape index (κ3) is 13.8. The molecule has 6 atom stereocenters. The lowest BCUT2D eigenvalue weighted by molar-refractivity contribution is -0.148. The number of carboxylic acids is 1. The first-order valence-corrected chi connectivity index (χ1v) is 19.2. The van der Waals surface area contributed by atoms with Crippen molar-refractivity contribution in [1.29, 1.82) is 0 Å². The second-order valence-electron chi connectivity index (χ2n) is 15.0. The van der Waals surface area contributed by atoms with Gasteiger partial charge in [-0.15, -0.1) is 11.8 Å². The maximum Gasteiger partial charge on any atom is 0.309 e. The molecule has 0 aromatic rings. The van der Waals surface area contributed by atoms with Crippen molar-refractivity contribution in [3.63, 3.8) is 0 Å². The number of aliphatic carboxylic acids is 1. The number of amides is 1. The van der Waals surface area contributed by atoms with E-state index in [4.69, 9.17) is 15.5 Å². The van der Waals surface area contributed by atoms with Crippen LogP contribution in [0.1, 0.15) is 120 Å². The Hall–Kier alpha value is -2.82. The summed E-state index contributed by atoms with van der Waals surface area (Å²) in [6.45, 7) is 21.0. The second kappa shape index (κ2) is 20.1. The van der Waals surface area contributed by atoms with Crippen LogP contribution in [0, 0.1) is 23.2 Å². The van der Waals surface area contributed by atoms with Crippen LogP contribution in [0.4, 0.5) is 4.39 Å². The molecule has 0 fully saturated rings. The summed E-state index contributed by atoms with van der Waals surface area (Å²) in [5, 5.41) is 13.5. The smallest absolute Gasteiger partial charge is 0.309 e. The molecule has 0 bridgehead atoms. The zero-order valence-corrected chi connectivity index (χ0v) is 32.0. The lowest BCUT2D eigenvalue weighted by atomic mass is 9.81. The van der Waals surface area contributed by atoms with Crippen molar-refractivity contribution in [2.75, 3.05) is 12.3 Å². The molecule has 5 unspecified atom stereocenters. The van der Waals surface area contributed by atoms with E-state index >= 15 is 0 Å². The van der Waals surface area contributed by atoms with Crippen molar-refractivity contribution < 1.29 is 28.6 Å². The van der Waals surface area contributed by atoms with Crippen molar-refractivity contribution in [2.24, 2.45) is 33.9 Å². The summed E-state index contributed by atoms with van der Waals surface area (Å²) in [4.78, 5) is 45.3. The predicted molar refractivity (Wildman–Crippen MR) is 199 cm³/mol. The summed E-state index contributed by atoms with van der Waals surface area (Å²) in [5.74, 6) is -1.24. The minimum Gasteiger partial charge on any atom is -0.481 e. The summed E-state index contributed by atoms with van der Waals surface area (Å²) >= 11 is 1.42. The van der Waals surface area contributed by atoms with Gasteiger partial charge in [-0.3, -0.25) is 19.4 Å². The Morgan fingerprint density at radius 2 is 1.92 bits per heavy atom. The number of unbranched alkanes of at least 4 members (excludes halogenated alkanes) is 3. The third-order valence-corrected chi connectivity index (χ3v) is 10.8.